The number of Topliss-reactive ketones (excluding diaryl/α,β-unsaturated/α-hetero) is 2. The van der Waals surface area contributed by atoms with E-state index in [0.29, 0.717) is 29.4 Å². The summed E-state index contributed by atoms with van der Waals surface area (Å²) in [5.74, 6) is 2.47. The number of aromatic nitrogens is 3. The molecule has 4 aliphatic rings. The van der Waals surface area contributed by atoms with Gasteiger partial charge >= 0.3 is 0 Å². The van der Waals surface area contributed by atoms with Gasteiger partial charge < -0.3 is 9.84 Å². The Morgan fingerprint density at radius 3 is 2.62 bits per heavy atom. The van der Waals surface area contributed by atoms with Crippen molar-refractivity contribution in [1.82, 2.24) is 15.0 Å². The lowest BCUT2D eigenvalue weighted by Gasteiger charge is -2.62. The molecule has 1 aromatic heterocycles. The van der Waals surface area contributed by atoms with Crippen molar-refractivity contribution in [3.8, 4) is 0 Å². The first-order valence-corrected chi connectivity index (χ1v) is 13.2. The average Bonchev–Trinajstić information content (AvgIpc) is 3.38. The number of carbonyl (C=O) groups excluding carboxylic acids is 2. The summed E-state index contributed by atoms with van der Waals surface area (Å²) in [6.45, 7) is 6.79. The fraction of sp³-hybridized carbons (Fsp3) is 0.852. The minimum Gasteiger partial charge on any atom is -0.390 e. The number of hydrogen-bond acceptors (Lipinski definition) is 6. The predicted molar refractivity (Wildman–Crippen MR) is 127 cm³/mol. The van der Waals surface area contributed by atoms with E-state index in [1.165, 1.54) is 24.3 Å². The molecule has 1 heterocycles. The van der Waals surface area contributed by atoms with Gasteiger partial charge in [-0.05, 0) is 99.2 Å². The van der Waals surface area contributed by atoms with Gasteiger partial charge in [0, 0.05) is 20.0 Å². The van der Waals surface area contributed by atoms with Gasteiger partial charge in [-0.1, -0.05) is 6.92 Å². The van der Waals surface area contributed by atoms with E-state index in [4.69, 9.17) is 4.74 Å². The molecule has 4 saturated carbocycles. The van der Waals surface area contributed by atoms with Gasteiger partial charge in [-0.15, -0.1) is 5.10 Å². The molecule has 5 rings (SSSR count). The van der Waals surface area contributed by atoms with Crippen LogP contribution in [0.5, 0.6) is 0 Å². The minimum absolute atomic E-state index is 0.0239. The zero-order valence-corrected chi connectivity index (χ0v) is 21.3. The third kappa shape index (κ3) is 3.78. The number of aliphatic hydroxyl groups is 1. The van der Waals surface area contributed by atoms with E-state index in [0.717, 1.165) is 58.0 Å². The van der Waals surface area contributed by atoms with E-state index in [9.17, 15) is 14.7 Å². The summed E-state index contributed by atoms with van der Waals surface area (Å²) >= 11 is 0. The highest BCUT2D eigenvalue weighted by atomic mass is 16.5. The van der Waals surface area contributed by atoms with Crippen molar-refractivity contribution in [3.05, 3.63) is 11.9 Å². The van der Waals surface area contributed by atoms with Crippen LogP contribution >= 0.6 is 0 Å². The van der Waals surface area contributed by atoms with Crippen LogP contribution in [-0.2, 0) is 16.1 Å². The van der Waals surface area contributed by atoms with Crippen LogP contribution in [0.4, 0.5) is 0 Å². The molecule has 0 aromatic carbocycles. The molecular formula is C27H41N3O4. The zero-order chi connectivity index (χ0) is 24.3. The Bertz CT molecular complexity index is 957. The number of rotatable bonds is 6. The highest BCUT2D eigenvalue weighted by molar-refractivity contribution is 5.91. The molecule has 188 valence electrons. The number of ketones is 2. The van der Waals surface area contributed by atoms with Crippen molar-refractivity contribution in [3.63, 3.8) is 0 Å². The van der Waals surface area contributed by atoms with E-state index in [1.807, 2.05) is 14.0 Å². The molecule has 8 atom stereocenters. The summed E-state index contributed by atoms with van der Waals surface area (Å²) in [6, 6.07) is 0. The Hall–Kier alpha value is -1.60. The molecule has 4 aliphatic carbocycles. The summed E-state index contributed by atoms with van der Waals surface area (Å²) in [4.78, 5) is 26.4. The second-order valence-corrected chi connectivity index (χ2v) is 12.5. The third-order valence-corrected chi connectivity index (χ3v) is 10.6. The first-order valence-electron chi connectivity index (χ1n) is 13.2. The van der Waals surface area contributed by atoms with Crippen LogP contribution in [0.2, 0.25) is 0 Å². The molecule has 1 N–H and O–H groups in total. The standard InChI is InChI=1S/C27H41N3O4/c1-17(31)23-14-28-30(29-23)15-24(32)22-8-7-20-19-6-5-18-13-25(2,33)11-12-27(18,16-34-4)21(19)9-10-26(20,22)3/h14,18-22,33H,5-13,15-16H2,1-4H3/t18-,19-,20-,21-,22+,25+,26-,27+/m0/s1. The topological polar surface area (TPSA) is 94.3 Å². The Labute approximate surface area is 203 Å². The fourth-order valence-electron chi connectivity index (χ4n) is 9.10. The molecule has 0 aliphatic heterocycles. The monoisotopic (exact) mass is 471 g/mol. The number of fused-ring (bicyclic) bond motifs is 5. The van der Waals surface area contributed by atoms with Crippen LogP contribution in [0.25, 0.3) is 0 Å². The van der Waals surface area contributed by atoms with Crippen LogP contribution in [0.1, 0.15) is 89.0 Å². The van der Waals surface area contributed by atoms with E-state index in [2.05, 4.69) is 17.1 Å². The van der Waals surface area contributed by atoms with Gasteiger partial charge in [0.15, 0.2) is 11.6 Å². The van der Waals surface area contributed by atoms with E-state index in [1.54, 1.807) is 0 Å². The SMILES string of the molecule is COC[C@]12CC[C@@](C)(O)C[C@@H]1CC[C@H]1[C@@H]3CC[C@H](C(=O)Cn4ncc(C(C)=O)n4)[C@@]3(C)CC[C@@H]12. The number of methoxy groups -OCH3 is 1. The highest BCUT2D eigenvalue weighted by Crippen LogP contribution is 2.68. The maximum absolute atomic E-state index is 13.4. The van der Waals surface area contributed by atoms with Crippen molar-refractivity contribution < 1.29 is 19.4 Å². The quantitative estimate of drug-likeness (QED) is 0.628. The first kappa shape index (κ1) is 24.1. The van der Waals surface area contributed by atoms with E-state index in [-0.39, 0.29) is 34.9 Å². The molecule has 34 heavy (non-hydrogen) atoms. The highest BCUT2D eigenvalue weighted by Gasteiger charge is 2.63. The van der Waals surface area contributed by atoms with Crippen molar-refractivity contribution in [2.75, 3.05) is 13.7 Å². The summed E-state index contributed by atoms with van der Waals surface area (Å²) in [5.41, 5.74) is -0.0388. The summed E-state index contributed by atoms with van der Waals surface area (Å²) < 4.78 is 5.86. The van der Waals surface area contributed by atoms with E-state index >= 15 is 0 Å². The van der Waals surface area contributed by atoms with Gasteiger partial charge in [-0.3, -0.25) is 9.59 Å². The molecule has 0 unspecified atom stereocenters. The van der Waals surface area contributed by atoms with Gasteiger partial charge in [0.05, 0.1) is 18.4 Å². The maximum atomic E-state index is 13.4. The summed E-state index contributed by atoms with van der Waals surface area (Å²) in [7, 11) is 1.83. The summed E-state index contributed by atoms with van der Waals surface area (Å²) in [6.07, 6.45) is 10.9. The molecule has 0 saturated heterocycles. The lowest BCUT2D eigenvalue weighted by atomic mass is 9.43. The Morgan fingerprint density at radius 1 is 1.12 bits per heavy atom. The molecule has 0 amide bonds. The van der Waals surface area contributed by atoms with Crippen LogP contribution in [0.15, 0.2) is 6.20 Å². The number of carbonyl (C=O) groups is 2. The zero-order valence-electron chi connectivity index (χ0n) is 21.3. The second kappa shape index (κ2) is 8.51. The van der Waals surface area contributed by atoms with Crippen molar-refractivity contribution in [1.29, 1.82) is 0 Å². The number of hydrogen-bond donors (Lipinski definition) is 1. The maximum Gasteiger partial charge on any atom is 0.181 e. The molecule has 4 fully saturated rings. The smallest absolute Gasteiger partial charge is 0.181 e. The normalized spacial score (nSPS) is 43.6. The molecule has 7 nitrogen and oxygen atoms in total. The van der Waals surface area contributed by atoms with Gasteiger partial charge in [-0.2, -0.15) is 9.90 Å². The van der Waals surface area contributed by atoms with Crippen molar-refractivity contribution in [2.45, 2.75) is 90.7 Å². The summed E-state index contributed by atoms with van der Waals surface area (Å²) in [5, 5.41) is 19.2. The molecule has 0 bridgehead atoms. The Kier molecular flexibility index (Phi) is 6.03. The number of nitrogens with zero attached hydrogens (tertiary/aromatic N) is 3. The van der Waals surface area contributed by atoms with Crippen LogP contribution in [0.3, 0.4) is 0 Å². The third-order valence-electron chi connectivity index (χ3n) is 10.6. The van der Waals surface area contributed by atoms with Crippen molar-refractivity contribution in [2.24, 2.45) is 40.4 Å². The first-order chi connectivity index (χ1) is 16.1. The number of ether oxygens (including phenoxy) is 1. The van der Waals surface area contributed by atoms with Gasteiger partial charge in [0.25, 0.3) is 0 Å². The largest absolute Gasteiger partial charge is 0.390 e. The molecule has 0 spiro atoms. The molecule has 1 aromatic rings. The molecular weight excluding hydrogens is 430 g/mol. The minimum atomic E-state index is -0.550. The van der Waals surface area contributed by atoms with Crippen molar-refractivity contribution >= 4 is 11.6 Å². The average molecular weight is 472 g/mol. The molecule has 0 radical (unpaired) electrons. The van der Waals surface area contributed by atoms with Gasteiger partial charge in [0.1, 0.15) is 12.2 Å². The van der Waals surface area contributed by atoms with Gasteiger partial charge in [0.2, 0.25) is 0 Å². The predicted octanol–water partition coefficient (Wildman–Crippen LogP) is 4.09. The lowest BCUT2D eigenvalue weighted by Crippen LogP contribution is -2.58. The fourth-order valence-corrected chi connectivity index (χ4v) is 9.10. The van der Waals surface area contributed by atoms with Crippen LogP contribution in [0, 0.1) is 40.4 Å². The van der Waals surface area contributed by atoms with Crippen LogP contribution < -0.4 is 0 Å². The Morgan fingerprint density at radius 2 is 1.91 bits per heavy atom. The van der Waals surface area contributed by atoms with E-state index < -0.39 is 5.60 Å². The molecule has 7 heteroatoms. The Balaban J connectivity index is 1.35. The lowest BCUT2D eigenvalue weighted by molar-refractivity contribution is -0.175. The second-order valence-electron chi connectivity index (χ2n) is 12.5. The van der Waals surface area contributed by atoms with Crippen LogP contribution in [-0.4, -0.2) is 51.0 Å². The van der Waals surface area contributed by atoms with Gasteiger partial charge in [-0.25, -0.2) is 0 Å².